The number of aromatic nitrogens is 1. The summed E-state index contributed by atoms with van der Waals surface area (Å²) < 4.78 is 0. The van der Waals surface area contributed by atoms with Gasteiger partial charge in [0.05, 0.1) is 5.69 Å². The Hall–Kier alpha value is -3.77. The Labute approximate surface area is 240 Å². The molecule has 0 saturated carbocycles. The van der Waals surface area contributed by atoms with Gasteiger partial charge in [-0.25, -0.2) is 4.98 Å². The molecule has 3 N–H and O–H groups in total. The number of fused-ring (bicyclic) bond motifs is 2. The number of aryl methyl sites for hydroxylation is 1. The van der Waals surface area contributed by atoms with Gasteiger partial charge in [-0.3, -0.25) is 9.59 Å². The number of benzene rings is 2. The number of anilines is 2. The van der Waals surface area contributed by atoms with Crippen LogP contribution in [0.3, 0.4) is 0 Å². The summed E-state index contributed by atoms with van der Waals surface area (Å²) in [6.45, 7) is 11.2. The molecule has 1 atom stereocenters. The summed E-state index contributed by atoms with van der Waals surface area (Å²) in [6.07, 6.45) is 6.44. The first-order chi connectivity index (χ1) is 19.0. The van der Waals surface area contributed by atoms with Crippen LogP contribution in [0.5, 0.6) is 0 Å². The first-order valence-electron chi connectivity index (χ1n) is 13.9. The zero-order valence-corrected chi connectivity index (χ0v) is 24.7. The van der Waals surface area contributed by atoms with Crippen LogP contribution in [0.15, 0.2) is 60.7 Å². The highest BCUT2D eigenvalue weighted by Crippen LogP contribution is 2.40. The van der Waals surface area contributed by atoms with Gasteiger partial charge in [-0.1, -0.05) is 77.1 Å². The second kappa shape index (κ2) is 11.0. The summed E-state index contributed by atoms with van der Waals surface area (Å²) in [5, 5.41) is 3.78. The maximum absolute atomic E-state index is 13.3. The second-order valence-corrected chi connectivity index (χ2v) is 13.2. The van der Waals surface area contributed by atoms with E-state index in [0.29, 0.717) is 33.7 Å². The van der Waals surface area contributed by atoms with E-state index in [4.69, 9.17) is 10.7 Å². The van der Waals surface area contributed by atoms with Crippen LogP contribution in [-0.4, -0.2) is 16.7 Å². The van der Waals surface area contributed by atoms with Crippen LogP contribution in [0.2, 0.25) is 0 Å². The van der Waals surface area contributed by atoms with Gasteiger partial charge in [-0.15, -0.1) is 11.3 Å². The molecule has 6 heteroatoms. The maximum atomic E-state index is 13.3. The number of allylic oxidation sites excluding steroid dienone is 1. The van der Waals surface area contributed by atoms with E-state index in [1.165, 1.54) is 22.5 Å². The van der Waals surface area contributed by atoms with E-state index >= 15 is 0 Å². The van der Waals surface area contributed by atoms with Gasteiger partial charge in [0.1, 0.15) is 9.71 Å². The standard InChI is InChI=1S/C34H37N3O2S/c1-20(2)22-12-9-21(10-13-22)11-16-29(38)24-7-6-8-26(17-24)36-32(39)31-30(35)27-18-23-14-15-25(34(3,4)5)19-28(23)37-33(27)40-31/h6-13,16-18,20,25H,14-15,19,35H2,1-5H3,(H,36,39)/b16-11+/t25-/m0/s1. The lowest BCUT2D eigenvalue weighted by atomic mass is 9.72. The van der Waals surface area contributed by atoms with Crippen molar-refractivity contribution in [3.63, 3.8) is 0 Å². The van der Waals surface area contributed by atoms with Gasteiger partial charge in [0.25, 0.3) is 5.91 Å². The molecule has 2 aromatic heterocycles. The highest BCUT2D eigenvalue weighted by molar-refractivity contribution is 7.21. The first kappa shape index (κ1) is 27.8. The molecule has 0 unspecified atom stereocenters. The number of nitrogen functional groups attached to an aromatic ring is 1. The molecule has 2 aromatic carbocycles. The first-order valence-corrected chi connectivity index (χ1v) is 14.8. The van der Waals surface area contributed by atoms with Crippen LogP contribution >= 0.6 is 11.3 Å². The lowest BCUT2D eigenvalue weighted by molar-refractivity contribution is 0.102. The largest absolute Gasteiger partial charge is 0.397 e. The molecule has 1 aliphatic rings. The molecule has 0 saturated heterocycles. The third kappa shape index (κ3) is 5.87. The summed E-state index contributed by atoms with van der Waals surface area (Å²) in [4.78, 5) is 32.3. The van der Waals surface area contributed by atoms with Gasteiger partial charge < -0.3 is 11.1 Å². The predicted octanol–water partition coefficient (Wildman–Crippen LogP) is 8.30. The molecule has 5 rings (SSSR count). The fourth-order valence-electron chi connectivity index (χ4n) is 5.28. The maximum Gasteiger partial charge on any atom is 0.267 e. The Morgan fingerprint density at radius 1 is 1.10 bits per heavy atom. The lowest BCUT2D eigenvalue weighted by Gasteiger charge is -2.34. The molecule has 40 heavy (non-hydrogen) atoms. The number of carbonyl (C=O) groups excluding carboxylic acids is 2. The number of hydrogen-bond acceptors (Lipinski definition) is 5. The smallest absolute Gasteiger partial charge is 0.267 e. The van der Waals surface area contributed by atoms with Crippen LogP contribution in [0.4, 0.5) is 11.4 Å². The van der Waals surface area contributed by atoms with E-state index in [2.05, 4.69) is 58.1 Å². The highest BCUT2D eigenvalue weighted by Gasteiger charge is 2.30. The quantitative estimate of drug-likeness (QED) is 0.186. The lowest BCUT2D eigenvalue weighted by Crippen LogP contribution is -2.27. The third-order valence-corrected chi connectivity index (χ3v) is 9.07. The Balaban J connectivity index is 1.31. The van der Waals surface area contributed by atoms with Gasteiger partial charge in [-0.05, 0) is 77.5 Å². The molecule has 206 valence electrons. The van der Waals surface area contributed by atoms with Gasteiger partial charge in [0.2, 0.25) is 0 Å². The Morgan fingerprint density at radius 2 is 1.85 bits per heavy atom. The minimum atomic E-state index is -0.295. The number of rotatable bonds is 6. The SMILES string of the molecule is CC(C)c1ccc(/C=C/C(=O)c2cccc(NC(=O)c3sc4nc5c(cc4c3N)CC[C@H](C(C)(C)C)C5)c2)cc1. The van der Waals surface area contributed by atoms with Crippen LogP contribution < -0.4 is 11.1 Å². The molecule has 1 aliphatic carbocycles. The van der Waals surface area contributed by atoms with E-state index in [1.54, 1.807) is 30.3 Å². The van der Waals surface area contributed by atoms with E-state index in [0.717, 1.165) is 40.7 Å². The zero-order valence-electron chi connectivity index (χ0n) is 23.9. The number of thiophene rings is 1. The molecule has 0 bridgehead atoms. The molecular formula is C34H37N3O2S. The average Bonchev–Trinajstić information content (AvgIpc) is 3.25. The van der Waals surface area contributed by atoms with Crippen LogP contribution in [0, 0.1) is 11.3 Å². The minimum Gasteiger partial charge on any atom is -0.397 e. The minimum absolute atomic E-state index is 0.131. The van der Waals surface area contributed by atoms with Crippen molar-refractivity contribution >= 4 is 50.7 Å². The van der Waals surface area contributed by atoms with Crippen molar-refractivity contribution in [2.45, 2.75) is 59.8 Å². The third-order valence-electron chi connectivity index (χ3n) is 7.96. The highest BCUT2D eigenvalue weighted by atomic mass is 32.1. The fraction of sp³-hybridized carbons (Fsp3) is 0.324. The summed E-state index contributed by atoms with van der Waals surface area (Å²) in [5.41, 5.74) is 12.8. The van der Waals surface area contributed by atoms with Crippen molar-refractivity contribution in [1.82, 2.24) is 4.98 Å². The Morgan fingerprint density at radius 3 is 2.55 bits per heavy atom. The van der Waals surface area contributed by atoms with Crippen molar-refractivity contribution in [3.05, 3.63) is 93.5 Å². The fourth-order valence-corrected chi connectivity index (χ4v) is 6.27. The van der Waals surface area contributed by atoms with Crippen molar-refractivity contribution < 1.29 is 9.59 Å². The van der Waals surface area contributed by atoms with E-state index in [1.807, 2.05) is 18.2 Å². The van der Waals surface area contributed by atoms with Crippen molar-refractivity contribution in [2.24, 2.45) is 11.3 Å². The zero-order chi connectivity index (χ0) is 28.6. The normalized spacial score (nSPS) is 15.5. The topological polar surface area (TPSA) is 85.1 Å². The predicted molar refractivity (Wildman–Crippen MR) is 167 cm³/mol. The van der Waals surface area contributed by atoms with Crippen LogP contribution in [-0.2, 0) is 12.8 Å². The second-order valence-electron chi connectivity index (χ2n) is 12.2. The number of hydrogen-bond donors (Lipinski definition) is 2. The summed E-state index contributed by atoms with van der Waals surface area (Å²) in [6, 6.07) is 17.3. The van der Waals surface area contributed by atoms with Gasteiger partial charge in [-0.2, -0.15) is 0 Å². The molecule has 0 fully saturated rings. The molecule has 4 aromatic rings. The molecule has 0 spiro atoms. The molecule has 0 radical (unpaired) electrons. The summed E-state index contributed by atoms with van der Waals surface area (Å²) in [7, 11) is 0. The number of nitrogens with one attached hydrogen (secondary N) is 1. The van der Waals surface area contributed by atoms with Crippen LogP contribution in [0.1, 0.15) is 89.4 Å². The van der Waals surface area contributed by atoms with Gasteiger partial charge in [0.15, 0.2) is 5.78 Å². The van der Waals surface area contributed by atoms with Crippen LogP contribution in [0.25, 0.3) is 16.3 Å². The summed E-state index contributed by atoms with van der Waals surface area (Å²) >= 11 is 1.33. The number of nitrogens with zero attached hydrogens (tertiary/aromatic N) is 1. The van der Waals surface area contributed by atoms with E-state index < -0.39 is 0 Å². The number of amides is 1. The molecule has 2 heterocycles. The Kier molecular flexibility index (Phi) is 7.65. The van der Waals surface area contributed by atoms with Gasteiger partial charge in [0, 0.05) is 22.3 Å². The summed E-state index contributed by atoms with van der Waals surface area (Å²) in [5.74, 6) is 0.619. The molecular weight excluding hydrogens is 514 g/mol. The Bertz CT molecular complexity index is 1610. The van der Waals surface area contributed by atoms with E-state index in [9.17, 15) is 9.59 Å². The van der Waals surface area contributed by atoms with Crippen molar-refractivity contribution in [2.75, 3.05) is 11.1 Å². The van der Waals surface area contributed by atoms with Gasteiger partial charge >= 0.3 is 0 Å². The number of nitrogens with two attached hydrogens (primary N) is 1. The van der Waals surface area contributed by atoms with E-state index in [-0.39, 0.29) is 17.1 Å². The molecule has 0 aliphatic heterocycles. The number of pyridine rings is 1. The number of carbonyl (C=O) groups is 2. The van der Waals surface area contributed by atoms with Crippen molar-refractivity contribution in [1.29, 1.82) is 0 Å². The molecule has 1 amide bonds. The average molecular weight is 552 g/mol. The van der Waals surface area contributed by atoms with Crippen molar-refractivity contribution in [3.8, 4) is 0 Å². The number of ketones is 1. The monoisotopic (exact) mass is 551 g/mol. The molecule has 5 nitrogen and oxygen atoms in total.